The lowest BCUT2D eigenvalue weighted by molar-refractivity contribution is 0.0539. The van der Waals surface area contributed by atoms with Gasteiger partial charge in [-0.3, -0.25) is 4.99 Å². The molecule has 0 aliphatic carbocycles. The van der Waals surface area contributed by atoms with Crippen molar-refractivity contribution in [2.75, 3.05) is 39.5 Å². The largest absolute Gasteiger partial charge is 0.378 e. The van der Waals surface area contributed by atoms with Gasteiger partial charge in [0.05, 0.1) is 33.0 Å². The van der Waals surface area contributed by atoms with Crippen LogP contribution in [-0.4, -0.2) is 45.2 Å². The van der Waals surface area contributed by atoms with Crippen molar-refractivity contribution in [3.63, 3.8) is 0 Å². The second-order valence-electron chi connectivity index (χ2n) is 3.73. The molecule has 4 heteroatoms. The molecule has 0 saturated heterocycles. The number of hydrogen-bond acceptors (Lipinski definition) is 4. The maximum atomic E-state index is 5.36. The summed E-state index contributed by atoms with van der Waals surface area (Å²) in [7, 11) is 0. The lowest BCUT2D eigenvalue weighted by atomic mass is 10.2. The first kappa shape index (κ1) is 15.6. The smallest absolute Gasteiger partial charge is 0.0701 e. The molecule has 16 heavy (non-hydrogen) atoms. The van der Waals surface area contributed by atoms with Gasteiger partial charge in [-0.1, -0.05) is 13.3 Å². The third-order valence-corrected chi connectivity index (χ3v) is 2.14. The molecule has 0 aromatic rings. The molecule has 0 unspecified atom stereocenters. The highest BCUT2D eigenvalue weighted by Gasteiger charge is 1.91. The van der Waals surface area contributed by atoms with E-state index in [4.69, 9.17) is 15.2 Å². The van der Waals surface area contributed by atoms with Gasteiger partial charge in [0.15, 0.2) is 0 Å². The molecule has 0 bridgehead atoms. The summed E-state index contributed by atoms with van der Waals surface area (Å²) in [6.07, 6.45) is 3.56. The van der Waals surface area contributed by atoms with Crippen LogP contribution in [0.25, 0.3) is 0 Å². The van der Waals surface area contributed by atoms with E-state index in [1.807, 2.05) is 0 Å². The fourth-order valence-electron chi connectivity index (χ4n) is 1.22. The Morgan fingerprint density at radius 2 is 1.81 bits per heavy atom. The van der Waals surface area contributed by atoms with Gasteiger partial charge in [-0.2, -0.15) is 0 Å². The number of rotatable bonds is 11. The Balaban J connectivity index is 3.18. The van der Waals surface area contributed by atoms with E-state index in [2.05, 4.69) is 18.8 Å². The van der Waals surface area contributed by atoms with Gasteiger partial charge < -0.3 is 15.2 Å². The fraction of sp³-hybridized carbons (Fsp3) is 0.917. The van der Waals surface area contributed by atoms with E-state index in [1.165, 1.54) is 18.6 Å². The summed E-state index contributed by atoms with van der Waals surface area (Å²) in [5, 5.41) is 0. The van der Waals surface area contributed by atoms with Crippen LogP contribution in [0.15, 0.2) is 4.99 Å². The van der Waals surface area contributed by atoms with Crippen LogP contribution in [-0.2, 0) is 9.47 Å². The molecule has 0 aromatic carbocycles. The first-order chi connectivity index (χ1) is 7.81. The van der Waals surface area contributed by atoms with Crippen LogP contribution in [0.5, 0.6) is 0 Å². The normalized spacial score (nSPS) is 12.1. The molecule has 0 aliphatic heterocycles. The van der Waals surface area contributed by atoms with Crippen molar-refractivity contribution in [2.45, 2.75) is 33.1 Å². The molecule has 0 spiro atoms. The highest BCUT2D eigenvalue weighted by atomic mass is 16.5. The fourth-order valence-corrected chi connectivity index (χ4v) is 1.22. The van der Waals surface area contributed by atoms with Gasteiger partial charge in [-0.15, -0.1) is 0 Å². The minimum atomic E-state index is 0.570. The van der Waals surface area contributed by atoms with Gasteiger partial charge in [0, 0.05) is 12.3 Å². The molecule has 0 fully saturated rings. The minimum Gasteiger partial charge on any atom is -0.378 e. The highest BCUT2D eigenvalue weighted by molar-refractivity contribution is 5.81. The van der Waals surface area contributed by atoms with E-state index in [1.54, 1.807) is 0 Å². The average Bonchev–Trinajstić information content (AvgIpc) is 2.30. The van der Waals surface area contributed by atoms with E-state index < -0.39 is 0 Å². The van der Waals surface area contributed by atoms with Gasteiger partial charge in [-0.05, 0) is 19.8 Å². The van der Waals surface area contributed by atoms with E-state index in [-0.39, 0.29) is 0 Å². The maximum Gasteiger partial charge on any atom is 0.0701 e. The Hall–Kier alpha value is -0.450. The Bertz CT molecular complexity index is 172. The number of unbranched alkanes of at least 4 members (excludes halogenated alkanes) is 1. The van der Waals surface area contributed by atoms with E-state index >= 15 is 0 Å². The number of nitrogens with two attached hydrogens (primary N) is 1. The summed E-state index contributed by atoms with van der Waals surface area (Å²) in [4.78, 5) is 4.43. The summed E-state index contributed by atoms with van der Waals surface area (Å²) in [6.45, 7) is 8.14. The topological polar surface area (TPSA) is 56.8 Å². The molecular weight excluding hydrogens is 204 g/mol. The van der Waals surface area contributed by atoms with Gasteiger partial charge in [-0.25, -0.2) is 0 Å². The van der Waals surface area contributed by atoms with Gasteiger partial charge in [0.2, 0.25) is 0 Å². The summed E-state index contributed by atoms with van der Waals surface area (Å²) in [5.41, 5.74) is 6.51. The molecule has 96 valence electrons. The van der Waals surface area contributed by atoms with Crippen molar-refractivity contribution < 1.29 is 9.47 Å². The number of ether oxygens (including phenoxy) is 2. The average molecular weight is 230 g/mol. The summed E-state index contributed by atoms with van der Waals surface area (Å²) in [5.74, 6) is 0. The van der Waals surface area contributed by atoms with Crippen LogP contribution in [0.3, 0.4) is 0 Å². The molecule has 0 rings (SSSR count). The van der Waals surface area contributed by atoms with Crippen LogP contribution in [0.4, 0.5) is 0 Å². The molecule has 0 aromatic heterocycles. The Kier molecular flexibility index (Phi) is 12.3. The maximum absolute atomic E-state index is 5.36. The lowest BCUT2D eigenvalue weighted by Crippen LogP contribution is -2.12. The second kappa shape index (κ2) is 12.6. The molecule has 0 aliphatic rings. The van der Waals surface area contributed by atoms with Crippen molar-refractivity contribution in [3.8, 4) is 0 Å². The molecule has 0 radical (unpaired) electrons. The first-order valence-electron chi connectivity index (χ1n) is 6.16. The molecule has 0 atom stereocenters. The third kappa shape index (κ3) is 11.6. The van der Waals surface area contributed by atoms with Crippen LogP contribution in [0.2, 0.25) is 0 Å². The SMILES string of the molecule is CCCCC(C)=NCCOCCOCCN. The standard InChI is InChI=1S/C12H26N2O2/c1-3-4-5-12(2)14-7-9-16-11-10-15-8-6-13/h3-11,13H2,1-2H3. The zero-order valence-corrected chi connectivity index (χ0v) is 10.7. The van der Waals surface area contributed by atoms with Crippen LogP contribution in [0, 0.1) is 0 Å². The first-order valence-corrected chi connectivity index (χ1v) is 6.16. The van der Waals surface area contributed by atoms with Crippen molar-refractivity contribution in [2.24, 2.45) is 10.7 Å². The molecule has 0 saturated carbocycles. The highest BCUT2D eigenvalue weighted by Crippen LogP contribution is 1.96. The van der Waals surface area contributed by atoms with Gasteiger partial charge >= 0.3 is 0 Å². The number of hydrogen-bond donors (Lipinski definition) is 1. The predicted octanol–water partition coefficient (Wildman–Crippen LogP) is 1.63. The monoisotopic (exact) mass is 230 g/mol. The number of aliphatic imine (C=N–C) groups is 1. The third-order valence-electron chi connectivity index (χ3n) is 2.14. The van der Waals surface area contributed by atoms with Crippen molar-refractivity contribution in [1.82, 2.24) is 0 Å². The minimum absolute atomic E-state index is 0.570. The van der Waals surface area contributed by atoms with Crippen LogP contribution in [0.1, 0.15) is 33.1 Å². The molecule has 2 N–H and O–H groups in total. The molecule has 0 heterocycles. The van der Waals surface area contributed by atoms with Crippen molar-refractivity contribution in [3.05, 3.63) is 0 Å². The van der Waals surface area contributed by atoms with Gasteiger partial charge in [0.1, 0.15) is 0 Å². The zero-order chi connectivity index (χ0) is 12.1. The summed E-state index contributed by atoms with van der Waals surface area (Å²) < 4.78 is 10.5. The molecular formula is C12H26N2O2. The van der Waals surface area contributed by atoms with E-state index in [0.717, 1.165) is 13.0 Å². The Morgan fingerprint density at radius 1 is 1.12 bits per heavy atom. The zero-order valence-electron chi connectivity index (χ0n) is 10.7. The van der Waals surface area contributed by atoms with Crippen molar-refractivity contribution in [1.29, 1.82) is 0 Å². The quantitative estimate of drug-likeness (QED) is 0.433. The van der Waals surface area contributed by atoms with Gasteiger partial charge in [0.25, 0.3) is 0 Å². The van der Waals surface area contributed by atoms with Crippen LogP contribution >= 0.6 is 0 Å². The summed E-state index contributed by atoms with van der Waals surface area (Å²) in [6, 6.07) is 0. The predicted molar refractivity (Wildman–Crippen MR) is 68.2 cm³/mol. The van der Waals surface area contributed by atoms with E-state index in [0.29, 0.717) is 33.0 Å². The Morgan fingerprint density at radius 3 is 2.44 bits per heavy atom. The number of nitrogens with zero attached hydrogens (tertiary/aromatic N) is 1. The Labute approximate surface area is 99.2 Å². The van der Waals surface area contributed by atoms with E-state index in [9.17, 15) is 0 Å². The lowest BCUT2D eigenvalue weighted by Gasteiger charge is -2.04. The summed E-state index contributed by atoms with van der Waals surface area (Å²) >= 11 is 0. The molecule has 4 nitrogen and oxygen atoms in total. The van der Waals surface area contributed by atoms with Crippen LogP contribution < -0.4 is 5.73 Å². The molecule has 0 amide bonds. The van der Waals surface area contributed by atoms with Crippen molar-refractivity contribution >= 4 is 5.71 Å². The second-order valence-corrected chi connectivity index (χ2v) is 3.73.